The van der Waals surface area contributed by atoms with Gasteiger partial charge in [-0.05, 0) is 6.42 Å². The molecule has 0 saturated heterocycles. The number of carbonyl (C=O) groups is 1. The number of aliphatic carboxylic acids is 1. The van der Waals surface area contributed by atoms with Crippen LogP contribution in [0.15, 0.2) is 11.6 Å². The van der Waals surface area contributed by atoms with Gasteiger partial charge in [-0.1, -0.05) is 39.5 Å². The fourth-order valence-electron chi connectivity index (χ4n) is 1.95. The van der Waals surface area contributed by atoms with Crippen LogP contribution in [0.2, 0.25) is 0 Å². The van der Waals surface area contributed by atoms with Crippen LogP contribution in [0.4, 0.5) is 5.13 Å². The molecule has 1 unspecified atom stereocenters. The average Bonchev–Trinajstić information content (AvgIpc) is 2.90. The average molecular weight is 284 g/mol. The fraction of sp³-hybridized carbons (Fsp3) is 0.714. The number of anilines is 1. The Morgan fingerprint density at radius 2 is 2.16 bits per heavy atom. The zero-order valence-electron chi connectivity index (χ0n) is 11.8. The molecule has 108 valence electrons. The number of hydrogen-bond donors (Lipinski definition) is 1. The second-order valence-electron chi connectivity index (χ2n) is 4.91. The lowest BCUT2D eigenvalue weighted by Gasteiger charge is -2.23. The summed E-state index contributed by atoms with van der Waals surface area (Å²) in [7, 11) is 0. The summed E-state index contributed by atoms with van der Waals surface area (Å²) in [5.74, 6) is -1.10. The van der Waals surface area contributed by atoms with Crippen molar-refractivity contribution < 1.29 is 9.90 Å². The third-order valence-corrected chi connectivity index (χ3v) is 3.97. The molecule has 0 aliphatic rings. The van der Waals surface area contributed by atoms with Crippen LogP contribution in [0, 0.1) is 5.92 Å². The molecular weight excluding hydrogens is 260 g/mol. The van der Waals surface area contributed by atoms with Crippen LogP contribution in [0.5, 0.6) is 0 Å². The molecule has 1 aromatic heterocycles. The van der Waals surface area contributed by atoms with Crippen LogP contribution >= 0.6 is 11.3 Å². The molecule has 0 spiro atoms. The van der Waals surface area contributed by atoms with Gasteiger partial charge in [0.15, 0.2) is 5.13 Å². The predicted octanol–water partition coefficient (Wildman–Crippen LogP) is 3.64. The van der Waals surface area contributed by atoms with Gasteiger partial charge in [-0.3, -0.25) is 4.79 Å². The lowest BCUT2D eigenvalue weighted by Crippen LogP contribution is -2.32. The Morgan fingerprint density at radius 3 is 2.74 bits per heavy atom. The maximum Gasteiger partial charge on any atom is 0.308 e. The SMILES string of the molecule is CCCCCCCN(CC(C)C(=O)O)c1nccs1. The maximum atomic E-state index is 11.0. The highest BCUT2D eigenvalue weighted by molar-refractivity contribution is 7.13. The van der Waals surface area contributed by atoms with Crippen molar-refractivity contribution in [1.29, 1.82) is 0 Å². The summed E-state index contributed by atoms with van der Waals surface area (Å²) in [6, 6.07) is 0. The molecule has 1 rings (SSSR count). The highest BCUT2D eigenvalue weighted by Gasteiger charge is 2.17. The molecule has 1 atom stereocenters. The van der Waals surface area contributed by atoms with Gasteiger partial charge in [-0.2, -0.15) is 0 Å². The van der Waals surface area contributed by atoms with E-state index in [-0.39, 0.29) is 5.92 Å². The van der Waals surface area contributed by atoms with Crippen LogP contribution in [0.3, 0.4) is 0 Å². The van der Waals surface area contributed by atoms with Crippen molar-refractivity contribution in [3.63, 3.8) is 0 Å². The molecule has 1 N–H and O–H groups in total. The molecule has 0 amide bonds. The van der Waals surface area contributed by atoms with Gasteiger partial charge >= 0.3 is 5.97 Å². The highest BCUT2D eigenvalue weighted by atomic mass is 32.1. The molecule has 4 nitrogen and oxygen atoms in total. The second-order valence-corrected chi connectivity index (χ2v) is 5.79. The van der Waals surface area contributed by atoms with Gasteiger partial charge in [0.1, 0.15) is 0 Å². The lowest BCUT2D eigenvalue weighted by atomic mass is 10.1. The summed E-state index contributed by atoms with van der Waals surface area (Å²) in [4.78, 5) is 17.4. The molecule has 0 aliphatic heterocycles. The van der Waals surface area contributed by atoms with E-state index in [9.17, 15) is 4.79 Å². The molecule has 1 aromatic rings. The Labute approximate surface area is 119 Å². The number of rotatable bonds is 10. The molecule has 0 aliphatic carbocycles. The zero-order valence-corrected chi connectivity index (χ0v) is 12.7. The third-order valence-electron chi connectivity index (χ3n) is 3.14. The van der Waals surface area contributed by atoms with E-state index in [0.717, 1.165) is 18.1 Å². The summed E-state index contributed by atoms with van der Waals surface area (Å²) < 4.78 is 0. The van der Waals surface area contributed by atoms with Gasteiger partial charge in [0.25, 0.3) is 0 Å². The number of nitrogens with zero attached hydrogens (tertiary/aromatic N) is 2. The minimum absolute atomic E-state index is 0.362. The number of carboxylic acids is 1. The van der Waals surface area contributed by atoms with E-state index in [1.807, 2.05) is 5.38 Å². The Bertz CT molecular complexity index is 354. The van der Waals surface area contributed by atoms with Gasteiger partial charge in [0.05, 0.1) is 5.92 Å². The van der Waals surface area contributed by atoms with Crippen molar-refractivity contribution in [3.05, 3.63) is 11.6 Å². The topological polar surface area (TPSA) is 53.4 Å². The Kier molecular flexibility index (Phi) is 7.48. The Morgan fingerprint density at radius 1 is 1.42 bits per heavy atom. The maximum absolute atomic E-state index is 11.0. The van der Waals surface area contributed by atoms with Gasteiger partial charge in [-0.25, -0.2) is 4.98 Å². The van der Waals surface area contributed by atoms with E-state index in [1.165, 1.54) is 25.7 Å². The van der Waals surface area contributed by atoms with Gasteiger partial charge < -0.3 is 10.0 Å². The summed E-state index contributed by atoms with van der Waals surface area (Å²) in [6.45, 7) is 5.39. The van der Waals surface area contributed by atoms with Crippen LogP contribution in [-0.4, -0.2) is 29.1 Å². The molecule has 19 heavy (non-hydrogen) atoms. The summed E-state index contributed by atoms with van der Waals surface area (Å²) in [5.41, 5.74) is 0. The van der Waals surface area contributed by atoms with Gasteiger partial charge in [0.2, 0.25) is 0 Å². The first-order valence-electron chi connectivity index (χ1n) is 7.02. The van der Waals surface area contributed by atoms with Crippen LogP contribution in [-0.2, 0) is 4.79 Å². The predicted molar refractivity (Wildman–Crippen MR) is 79.9 cm³/mol. The molecule has 0 aromatic carbocycles. The van der Waals surface area contributed by atoms with Gasteiger partial charge in [-0.15, -0.1) is 11.3 Å². The molecule has 0 saturated carbocycles. The largest absolute Gasteiger partial charge is 0.481 e. The lowest BCUT2D eigenvalue weighted by molar-refractivity contribution is -0.140. The van der Waals surface area contributed by atoms with E-state index in [0.29, 0.717) is 6.54 Å². The molecule has 0 fully saturated rings. The minimum atomic E-state index is -0.743. The first-order valence-corrected chi connectivity index (χ1v) is 7.90. The number of thiazole rings is 1. The van der Waals surface area contributed by atoms with Crippen LogP contribution < -0.4 is 4.90 Å². The molecule has 5 heteroatoms. The van der Waals surface area contributed by atoms with E-state index < -0.39 is 5.97 Å². The Balaban J connectivity index is 2.44. The van der Waals surface area contributed by atoms with Crippen LogP contribution in [0.1, 0.15) is 46.0 Å². The van der Waals surface area contributed by atoms with Crippen molar-refractivity contribution in [2.75, 3.05) is 18.0 Å². The monoisotopic (exact) mass is 284 g/mol. The highest BCUT2D eigenvalue weighted by Crippen LogP contribution is 2.19. The van der Waals surface area contributed by atoms with Crippen molar-refractivity contribution in [3.8, 4) is 0 Å². The normalized spacial score (nSPS) is 12.3. The number of aromatic nitrogens is 1. The zero-order chi connectivity index (χ0) is 14.1. The van der Waals surface area contributed by atoms with E-state index >= 15 is 0 Å². The number of carboxylic acid groups (broad SMARTS) is 1. The molecule has 0 radical (unpaired) electrons. The van der Waals surface area contributed by atoms with Crippen LogP contribution in [0.25, 0.3) is 0 Å². The number of unbranched alkanes of at least 4 members (excludes halogenated alkanes) is 4. The smallest absolute Gasteiger partial charge is 0.308 e. The summed E-state index contributed by atoms with van der Waals surface area (Å²) >= 11 is 1.57. The third kappa shape index (κ3) is 6.05. The molecule has 0 bridgehead atoms. The van der Waals surface area contributed by atoms with Crippen molar-refractivity contribution >= 4 is 22.4 Å². The Hall–Kier alpha value is -1.10. The standard InChI is InChI=1S/C14H24N2O2S/c1-3-4-5-6-7-9-16(11-12(2)13(17)18)14-15-8-10-19-14/h8,10,12H,3-7,9,11H2,1-2H3,(H,17,18). The minimum Gasteiger partial charge on any atom is -0.481 e. The number of hydrogen-bond acceptors (Lipinski definition) is 4. The fourth-order valence-corrected chi connectivity index (χ4v) is 2.63. The second kappa shape index (κ2) is 8.91. The summed E-state index contributed by atoms with van der Waals surface area (Å²) in [6.07, 6.45) is 7.87. The molecular formula is C14H24N2O2S. The van der Waals surface area contributed by atoms with E-state index in [4.69, 9.17) is 5.11 Å². The van der Waals surface area contributed by atoms with E-state index in [1.54, 1.807) is 24.5 Å². The first kappa shape index (κ1) is 16.0. The van der Waals surface area contributed by atoms with Crippen molar-refractivity contribution in [2.45, 2.75) is 46.0 Å². The quantitative estimate of drug-likeness (QED) is 0.666. The van der Waals surface area contributed by atoms with E-state index in [2.05, 4.69) is 16.8 Å². The van der Waals surface area contributed by atoms with Gasteiger partial charge in [0, 0.05) is 24.7 Å². The molecule has 1 heterocycles. The first-order chi connectivity index (χ1) is 9.15. The summed E-state index contributed by atoms with van der Waals surface area (Å²) in [5, 5.41) is 11.9. The van der Waals surface area contributed by atoms with Crippen molar-refractivity contribution in [2.24, 2.45) is 5.92 Å². The van der Waals surface area contributed by atoms with Crippen molar-refractivity contribution in [1.82, 2.24) is 4.98 Å².